The molecule has 38 heavy (non-hydrogen) atoms. The zero-order chi connectivity index (χ0) is 27.9. The summed E-state index contributed by atoms with van der Waals surface area (Å²) in [5, 5.41) is 3.69. The fraction of sp³-hybridized carbons (Fsp3) is 0.286. The molecule has 0 spiro atoms. The van der Waals surface area contributed by atoms with Crippen molar-refractivity contribution in [1.82, 2.24) is 10.2 Å². The van der Waals surface area contributed by atoms with Crippen molar-refractivity contribution in [2.75, 3.05) is 17.4 Å². The molecule has 2 amide bonds. The van der Waals surface area contributed by atoms with Gasteiger partial charge in [-0.05, 0) is 67.8 Å². The van der Waals surface area contributed by atoms with Crippen LogP contribution in [0.15, 0.2) is 77.7 Å². The number of anilines is 1. The Hall–Kier alpha value is -3.07. The first-order chi connectivity index (χ1) is 18.1. The molecular weight excluding hydrogens is 545 g/mol. The molecule has 0 aliphatic rings. The van der Waals surface area contributed by atoms with Crippen LogP contribution in [0.25, 0.3) is 0 Å². The number of carbonyl (C=O) groups excluding carboxylic acids is 2. The van der Waals surface area contributed by atoms with E-state index in [-0.39, 0.29) is 23.0 Å². The Morgan fingerprint density at radius 3 is 2.18 bits per heavy atom. The van der Waals surface area contributed by atoms with E-state index in [1.165, 1.54) is 23.1 Å². The van der Waals surface area contributed by atoms with Crippen molar-refractivity contribution in [2.24, 2.45) is 0 Å². The standard InChI is InChI=1S/C28H31Cl2N3O4S/c1-4-26(28(35)31-5-2)32(18-21-12-14-22(29)15-13-21)27(34)19-33(23-16-11-20(3)25(30)17-23)38(36,37)24-9-7-6-8-10-24/h6-17,26H,4-5,18-19H2,1-3H3,(H,31,35)/t26-/m0/s1. The normalized spacial score (nSPS) is 12.0. The van der Waals surface area contributed by atoms with E-state index in [9.17, 15) is 18.0 Å². The van der Waals surface area contributed by atoms with Gasteiger partial charge in [0.1, 0.15) is 12.6 Å². The SMILES string of the molecule is CCNC(=O)[C@H](CC)N(Cc1ccc(Cl)cc1)C(=O)CN(c1ccc(C)c(Cl)c1)S(=O)(=O)c1ccccc1. The summed E-state index contributed by atoms with van der Waals surface area (Å²) in [5.74, 6) is -0.845. The van der Waals surface area contributed by atoms with Gasteiger partial charge in [-0.15, -0.1) is 0 Å². The molecule has 10 heteroatoms. The van der Waals surface area contributed by atoms with Crippen molar-refractivity contribution >= 4 is 50.7 Å². The molecule has 0 saturated carbocycles. The van der Waals surface area contributed by atoms with E-state index < -0.39 is 28.5 Å². The molecular formula is C28H31Cl2N3O4S. The van der Waals surface area contributed by atoms with Gasteiger partial charge in [-0.3, -0.25) is 13.9 Å². The number of nitrogens with zero attached hydrogens (tertiary/aromatic N) is 2. The molecule has 0 heterocycles. The minimum Gasteiger partial charge on any atom is -0.355 e. The lowest BCUT2D eigenvalue weighted by atomic mass is 10.1. The van der Waals surface area contributed by atoms with Gasteiger partial charge < -0.3 is 10.2 Å². The molecule has 0 bridgehead atoms. The minimum absolute atomic E-state index is 0.0320. The van der Waals surface area contributed by atoms with Crippen LogP contribution in [0.3, 0.4) is 0 Å². The average molecular weight is 577 g/mol. The molecule has 0 fully saturated rings. The van der Waals surface area contributed by atoms with Gasteiger partial charge in [0.15, 0.2) is 0 Å². The Morgan fingerprint density at radius 1 is 0.947 bits per heavy atom. The summed E-state index contributed by atoms with van der Waals surface area (Å²) < 4.78 is 28.6. The first-order valence-electron chi connectivity index (χ1n) is 12.2. The molecule has 7 nitrogen and oxygen atoms in total. The van der Waals surface area contributed by atoms with Crippen LogP contribution in [0.2, 0.25) is 10.0 Å². The molecule has 202 valence electrons. The van der Waals surface area contributed by atoms with Gasteiger partial charge in [-0.1, -0.05) is 66.5 Å². The third kappa shape index (κ3) is 7.07. The second kappa shape index (κ2) is 13.1. The number of benzene rings is 3. The zero-order valence-corrected chi connectivity index (χ0v) is 23.9. The Morgan fingerprint density at radius 2 is 1.61 bits per heavy atom. The number of likely N-dealkylation sites (N-methyl/N-ethyl adjacent to an activating group) is 1. The van der Waals surface area contributed by atoms with Gasteiger partial charge in [0.25, 0.3) is 10.0 Å². The topological polar surface area (TPSA) is 86.8 Å². The van der Waals surface area contributed by atoms with Crippen molar-refractivity contribution in [3.63, 3.8) is 0 Å². The second-order valence-corrected chi connectivity index (χ2v) is 11.4. The maximum Gasteiger partial charge on any atom is 0.264 e. The van der Waals surface area contributed by atoms with Gasteiger partial charge in [0.05, 0.1) is 10.6 Å². The quantitative estimate of drug-likeness (QED) is 0.330. The molecule has 0 saturated heterocycles. The molecule has 1 N–H and O–H groups in total. The number of amides is 2. The number of hydrogen-bond donors (Lipinski definition) is 1. The molecule has 3 aromatic rings. The largest absolute Gasteiger partial charge is 0.355 e. The molecule has 0 radical (unpaired) electrons. The van der Waals surface area contributed by atoms with E-state index in [4.69, 9.17) is 23.2 Å². The fourth-order valence-electron chi connectivity index (χ4n) is 3.98. The molecule has 0 unspecified atom stereocenters. The van der Waals surface area contributed by atoms with E-state index >= 15 is 0 Å². The summed E-state index contributed by atoms with van der Waals surface area (Å²) in [5.41, 5.74) is 1.77. The molecule has 3 rings (SSSR count). The third-order valence-corrected chi connectivity index (χ3v) is 8.50. The van der Waals surface area contributed by atoms with Crippen molar-refractivity contribution in [2.45, 2.75) is 44.7 Å². The summed E-state index contributed by atoms with van der Waals surface area (Å²) in [7, 11) is -4.14. The van der Waals surface area contributed by atoms with Gasteiger partial charge in [0, 0.05) is 23.1 Å². The highest BCUT2D eigenvalue weighted by Gasteiger charge is 2.33. The van der Waals surface area contributed by atoms with Crippen molar-refractivity contribution in [3.8, 4) is 0 Å². The summed E-state index contributed by atoms with van der Waals surface area (Å²) in [6, 6.07) is 18.9. The van der Waals surface area contributed by atoms with E-state index in [1.54, 1.807) is 75.4 Å². The average Bonchev–Trinajstić information content (AvgIpc) is 2.90. The van der Waals surface area contributed by atoms with Gasteiger partial charge in [-0.2, -0.15) is 0 Å². The molecule has 0 aromatic heterocycles. The van der Waals surface area contributed by atoms with Crippen molar-refractivity contribution in [1.29, 1.82) is 0 Å². The second-order valence-electron chi connectivity index (χ2n) is 8.72. The number of halogens is 2. The van der Waals surface area contributed by atoms with E-state index in [2.05, 4.69) is 5.32 Å². The highest BCUT2D eigenvalue weighted by atomic mass is 35.5. The van der Waals surface area contributed by atoms with E-state index in [0.29, 0.717) is 23.0 Å². The summed E-state index contributed by atoms with van der Waals surface area (Å²) in [6.07, 6.45) is 0.340. The Kier molecular flexibility index (Phi) is 10.2. The Labute approximate surface area is 234 Å². The first-order valence-corrected chi connectivity index (χ1v) is 14.4. The van der Waals surface area contributed by atoms with E-state index in [0.717, 1.165) is 15.4 Å². The van der Waals surface area contributed by atoms with Crippen LogP contribution in [0.4, 0.5) is 5.69 Å². The van der Waals surface area contributed by atoms with Crippen molar-refractivity contribution in [3.05, 3.63) is 94.0 Å². The van der Waals surface area contributed by atoms with Crippen LogP contribution in [0.5, 0.6) is 0 Å². The van der Waals surface area contributed by atoms with Crippen LogP contribution in [0.1, 0.15) is 31.4 Å². The minimum atomic E-state index is -4.14. The third-order valence-electron chi connectivity index (χ3n) is 6.06. The number of aryl methyl sites for hydroxylation is 1. The summed E-state index contributed by atoms with van der Waals surface area (Å²) >= 11 is 12.4. The summed E-state index contributed by atoms with van der Waals surface area (Å²) in [4.78, 5) is 28.3. The van der Waals surface area contributed by atoms with Crippen LogP contribution in [-0.4, -0.2) is 44.3 Å². The van der Waals surface area contributed by atoms with Gasteiger partial charge >= 0.3 is 0 Å². The fourth-order valence-corrected chi connectivity index (χ4v) is 5.71. The Bertz CT molecular complexity index is 1370. The van der Waals surface area contributed by atoms with Crippen LogP contribution >= 0.6 is 23.2 Å². The lowest BCUT2D eigenvalue weighted by molar-refractivity contribution is -0.140. The molecule has 3 aromatic carbocycles. The smallest absolute Gasteiger partial charge is 0.264 e. The monoisotopic (exact) mass is 575 g/mol. The molecule has 1 atom stereocenters. The number of carbonyl (C=O) groups is 2. The molecule has 0 aliphatic carbocycles. The lowest BCUT2D eigenvalue weighted by Crippen LogP contribution is -2.52. The van der Waals surface area contributed by atoms with E-state index in [1.807, 2.05) is 0 Å². The van der Waals surface area contributed by atoms with Crippen LogP contribution < -0.4 is 9.62 Å². The number of hydrogen-bond acceptors (Lipinski definition) is 4. The van der Waals surface area contributed by atoms with Crippen LogP contribution in [0, 0.1) is 6.92 Å². The highest BCUT2D eigenvalue weighted by molar-refractivity contribution is 7.92. The molecule has 0 aliphatic heterocycles. The maximum atomic E-state index is 13.9. The predicted octanol–water partition coefficient (Wildman–Crippen LogP) is 5.44. The predicted molar refractivity (Wildman–Crippen MR) is 152 cm³/mol. The van der Waals surface area contributed by atoms with Crippen LogP contribution in [-0.2, 0) is 26.2 Å². The zero-order valence-electron chi connectivity index (χ0n) is 21.5. The van der Waals surface area contributed by atoms with Crippen molar-refractivity contribution < 1.29 is 18.0 Å². The number of nitrogens with one attached hydrogen (secondary N) is 1. The number of rotatable bonds is 11. The highest BCUT2D eigenvalue weighted by Crippen LogP contribution is 2.28. The van der Waals surface area contributed by atoms with Gasteiger partial charge in [0.2, 0.25) is 11.8 Å². The summed E-state index contributed by atoms with van der Waals surface area (Å²) in [6.45, 7) is 5.37. The first kappa shape index (κ1) is 29.5. The Balaban J connectivity index is 2.06. The van der Waals surface area contributed by atoms with Gasteiger partial charge in [-0.25, -0.2) is 8.42 Å². The maximum absolute atomic E-state index is 13.9. The number of sulfonamides is 1. The lowest BCUT2D eigenvalue weighted by Gasteiger charge is -2.33.